The van der Waals surface area contributed by atoms with Gasteiger partial charge in [0.1, 0.15) is 22.2 Å². The van der Waals surface area contributed by atoms with Crippen LogP contribution in [0.15, 0.2) is 36.5 Å². The molecule has 2 aromatic heterocycles. The number of halogens is 2. The molecule has 1 aliphatic heterocycles. The lowest BCUT2D eigenvalue weighted by Gasteiger charge is -2.29. The van der Waals surface area contributed by atoms with Crippen LogP contribution < -0.4 is 4.90 Å². The van der Waals surface area contributed by atoms with Gasteiger partial charge in [-0.05, 0) is 37.3 Å². The van der Waals surface area contributed by atoms with Crippen molar-refractivity contribution in [3.8, 4) is 5.69 Å². The summed E-state index contributed by atoms with van der Waals surface area (Å²) in [7, 11) is 0. The summed E-state index contributed by atoms with van der Waals surface area (Å²) in [5, 5.41) is 10.4. The van der Waals surface area contributed by atoms with Crippen molar-refractivity contribution in [3.05, 3.63) is 58.8 Å². The molecular formula is C22H18ClFN4O3. The van der Waals surface area contributed by atoms with E-state index in [2.05, 4.69) is 14.9 Å². The standard InChI is InChI=1S/C22H18ClFN4O3/c1-12-26-20-15(22(29)30)10-13(27-6-8-31-9-7-27)11-18(20)28(12)17-4-5-25-21-14(17)2-3-16(24)19(21)23/h2-5,10-11H,6-9H2,1H3,(H,29,30). The van der Waals surface area contributed by atoms with Crippen LogP contribution in [0.2, 0.25) is 5.02 Å². The Morgan fingerprint density at radius 1 is 1.19 bits per heavy atom. The number of aromatic nitrogens is 3. The number of carboxylic acids is 1. The van der Waals surface area contributed by atoms with Crippen molar-refractivity contribution in [3.63, 3.8) is 0 Å². The first-order valence-corrected chi connectivity index (χ1v) is 10.2. The molecule has 31 heavy (non-hydrogen) atoms. The third-order valence-corrected chi connectivity index (χ3v) is 5.90. The second kappa shape index (κ2) is 7.47. The Morgan fingerprint density at radius 2 is 1.97 bits per heavy atom. The van der Waals surface area contributed by atoms with Crippen LogP contribution >= 0.6 is 11.6 Å². The average Bonchev–Trinajstić information content (AvgIpc) is 3.11. The van der Waals surface area contributed by atoms with Gasteiger partial charge in [0.15, 0.2) is 0 Å². The second-order valence-electron chi connectivity index (χ2n) is 7.35. The van der Waals surface area contributed by atoms with Gasteiger partial charge in [-0.15, -0.1) is 0 Å². The van der Waals surface area contributed by atoms with E-state index in [9.17, 15) is 14.3 Å². The molecule has 1 aliphatic rings. The van der Waals surface area contributed by atoms with Crippen LogP contribution in [0.4, 0.5) is 10.1 Å². The Labute approximate surface area is 181 Å². The lowest BCUT2D eigenvalue weighted by atomic mass is 10.1. The lowest BCUT2D eigenvalue weighted by molar-refractivity contribution is 0.0699. The van der Waals surface area contributed by atoms with Crippen LogP contribution in [0.3, 0.4) is 0 Å². The highest BCUT2D eigenvalue weighted by atomic mass is 35.5. The van der Waals surface area contributed by atoms with Crippen molar-refractivity contribution in [1.29, 1.82) is 0 Å². The Morgan fingerprint density at radius 3 is 2.71 bits per heavy atom. The van der Waals surface area contributed by atoms with Gasteiger partial charge < -0.3 is 14.7 Å². The number of morpholine rings is 1. The van der Waals surface area contributed by atoms with Gasteiger partial charge in [-0.1, -0.05) is 11.6 Å². The van der Waals surface area contributed by atoms with Gasteiger partial charge in [-0.3, -0.25) is 9.55 Å². The number of carbonyl (C=O) groups is 1. The Hall–Kier alpha value is -3.23. The molecule has 1 N–H and O–H groups in total. The molecule has 0 spiro atoms. The van der Waals surface area contributed by atoms with Gasteiger partial charge in [-0.2, -0.15) is 0 Å². The number of pyridine rings is 1. The minimum absolute atomic E-state index is 0.0540. The number of ether oxygens (including phenoxy) is 1. The molecule has 7 nitrogen and oxygen atoms in total. The van der Waals surface area contributed by atoms with Crippen LogP contribution in [0.25, 0.3) is 27.6 Å². The van der Waals surface area contributed by atoms with Crippen LogP contribution in [0, 0.1) is 12.7 Å². The zero-order valence-electron chi connectivity index (χ0n) is 16.6. The second-order valence-corrected chi connectivity index (χ2v) is 7.73. The van der Waals surface area contributed by atoms with E-state index < -0.39 is 11.8 Å². The van der Waals surface area contributed by atoms with Gasteiger partial charge in [-0.25, -0.2) is 14.2 Å². The number of hydrogen-bond donors (Lipinski definition) is 1. The Bertz CT molecular complexity index is 1350. The van der Waals surface area contributed by atoms with E-state index in [-0.39, 0.29) is 10.6 Å². The molecule has 0 saturated carbocycles. The van der Waals surface area contributed by atoms with E-state index in [1.807, 2.05) is 10.6 Å². The number of aromatic carboxylic acids is 1. The van der Waals surface area contributed by atoms with Gasteiger partial charge in [0.25, 0.3) is 0 Å². The maximum atomic E-state index is 14.0. The number of anilines is 1. The molecule has 3 heterocycles. The van der Waals surface area contributed by atoms with Gasteiger partial charge >= 0.3 is 5.97 Å². The predicted molar refractivity (Wildman–Crippen MR) is 116 cm³/mol. The number of aryl methyl sites for hydroxylation is 1. The number of carboxylic acid groups (broad SMARTS) is 1. The highest BCUT2D eigenvalue weighted by molar-refractivity contribution is 6.35. The third-order valence-electron chi connectivity index (χ3n) is 5.54. The SMILES string of the molecule is Cc1nc2c(C(=O)O)cc(N3CCOCC3)cc2n1-c1ccnc2c(Cl)c(F)ccc12. The van der Waals surface area contributed by atoms with Crippen molar-refractivity contribution in [2.75, 3.05) is 31.2 Å². The van der Waals surface area contributed by atoms with Gasteiger partial charge in [0.05, 0.1) is 35.5 Å². The number of hydrogen-bond acceptors (Lipinski definition) is 5. The Kier molecular flexibility index (Phi) is 4.75. The summed E-state index contributed by atoms with van der Waals surface area (Å²) in [6.07, 6.45) is 1.55. The molecule has 5 rings (SSSR count). The molecule has 0 radical (unpaired) electrons. The number of rotatable bonds is 3. The van der Waals surface area contributed by atoms with E-state index >= 15 is 0 Å². The maximum absolute atomic E-state index is 14.0. The van der Waals surface area contributed by atoms with Crippen LogP contribution in [-0.4, -0.2) is 51.9 Å². The van der Waals surface area contributed by atoms with E-state index in [1.165, 1.54) is 6.07 Å². The third kappa shape index (κ3) is 3.19. The van der Waals surface area contributed by atoms with Crippen molar-refractivity contribution in [2.45, 2.75) is 6.92 Å². The van der Waals surface area contributed by atoms with E-state index in [0.29, 0.717) is 59.8 Å². The summed E-state index contributed by atoms with van der Waals surface area (Å²) in [4.78, 5) is 22.9. The van der Waals surface area contributed by atoms with Crippen LogP contribution in [-0.2, 0) is 4.74 Å². The summed E-state index contributed by atoms with van der Waals surface area (Å²) < 4.78 is 21.3. The molecule has 2 aromatic carbocycles. The summed E-state index contributed by atoms with van der Waals surface area (Å²) in [6.45, 7) is 4.31. The van der Waals surface area contributed by atoms with Gasteiger partial charge in [0.2, 0.25) is 0 Å². The number of nitrogens with zero attached hydrogens (tertiary/aromatic N) is 4. The van der Waals surface area contributed by atoms with Gasteiger partial charge in [0, 0.05) is 30.4 Å². The van der Waals surface area contributed by atoms with Crippen molar-refractivity contribution in [2.24, 2.45) is 0 Å². The zero-order valence-corrected chi connectivity index (χ0v) is 17.4. The fourth-order valence-corrected chi connectivity index (χ4v) is 4.30. The minimum atomic E-state index is -1.05. The molecule has 0 unspecified atom stereocenters. The first-order chi connectivity index (χ1) is 15.0. The fraction of sp³-hybridized carbons (Fsp3) is 0.227. The van der Waals surface area contributed by atoms with Crippen LogP contribution in [0.1, 0.15) is 16.2 Å². The predicted octanol–water partition coefficient (Wildman–Crippen LogP) is 4.21. The number of imidazole rings is 1. The molecule has 0 aliphatic carbocycles. The monoisotopic (exact) mass is 440 g/mol. The molecule has 1 saturated heterocycles. The Balaban J connectivity index is 1.81. The zero-order chi connectivity index (χ0) is 21.7. The van der Waals surface area contributed by atoms with Crippen molar-refractivity contribution < 1.29 is 19.0 Å². The molecular weight excluding hydrogens is 423 g/mol. The van der Waals surface area contributed by atoms with Crippen molar-refractivity contribution in [1.82, 2.24) is 14.5 Å². The van der Waals surface area contributed by atoms with Crippen molar-refractivity contribution >= 4 is 45.2 Å². The van der Waals surface area contributed by atoms with E-state index in [4.69, 9.17) is 16.3 Å². The minimum Gasteiger partial charge on any atom is -0.478 e. The highest BCUT2D eigenvalue weighted by Gasteiger charge is 2.22. The summed E-state index contributed by atoms with van der Waals surface area (Å²) >= 11 is 6.15. The average molecular weight is 441 g/mol. The molecule has 9 heteroatoms. The molecule has 0 amide bonds. The fourth-order valence-electron chi connectivity index (χ4n) is 4.09. The lowest BCUT2D eigenvalue weighted by Crippen LogP contribution is -2.36. The number of benzene rings is 2. The molecule has 0 atom stereocenters. The highest BCUT2D eigenvalue weighted by Crippen LogP contribution is 2.34. The summed E-state index contributed by atoms with van der Waals surface area (Å²) in [6, 6.07) is 8.29. The normalized spacial score (nSPS) is 14.5. The number of fused-ring (bicyclic) bond motifs is 2. The quantitative estimate of drug-likeness (QED) is 0.514. The first kappa shape index (κ1) is 19.7. The smallest absolute Gasteiger partial charge is 0.338 e. The molecule has 4 aromatic rings. The first-order valence-electron chi connectivity index (χ1n) is 9.78. The topological polar surface area (TPSA) is 80.5 Å². The van der Waals surface area contributed by atoms with E-state index in [0.717, 1.165) is 5.69 Å². The van der Waals surface area contributed by atoms with E-state index in [1.54, 1.807) is 31.3 Å². The molecule has 0 bridgehead atoms. The molecule has 158 valence electrons. The molecule has 1 fully saturated rings. The largest absolute Gasteiger partial charge is 0.478 e. The summed E-state index contributed by atoms with van der Waals surface area (Å²) in [5.74, 6) is -0.993. The maximum Gasteiger partial charge on any atom is 0.338 e. The van der Waals surface area contributed by atoms with Crippen LogP contribution in [0.5, 0.6) is 0 Å². The summed E-state index contributed by atoms with van der Waals surface area (Å²) in [5.41, 5.74) is 2.98.